The number of amides is 1. The van der Waals surface area contributed by atoms with Crippen LogP contribution in [0.1, 0.15) is 23.1 Å². The molecule has 0 saturated carbocycles. The van der Waals surface area contributed by atoms with Crippen LogP contribution in [0.5, 0.6) is 5.75 Å². The van der Waals surface area contributed by atoms with Gasteiger partial charge in [0.1, 0.15) is 5.75 Å². The molecular weight excluding hydrogens is 274 g/mol. The zero-order valence-electron chi connectivity index (χ0n) is 13.3. The Labute approximate surface area is 132 Å². The van der Waals surface area contributed by atoms with E-state index in [-0.39, 0.29) is 5.91 Å². The fraction of sp³-hybridized carbons (Fsp3) is 0.316. The van der Waals surface area contributed by atoms with Gasteiger partial charge in [-0.1, -0.05) is 42.5 Å². The van der Waals surface area contributed by atoms with Crippen molar-refractivity contribution in [3.63, 3.8) is 0 Å². The Balaban J connectivity index is 1.75. The molecule has 22 heavy (non-hydrogen) atoms. The standard InChI is InChI=1S/C19H23NO2/c1-15-7-3-4-8-16(15)13-14-20-19(21)12-11-17-9-5-6-10-18(17)22-2/h3-10H,11-14H2,1-2H3,(H,20,21). The quantitative estimate of drug-likeness (QED) is 0.851. The zero-order chi connectivity index (χ0) is 15.8. The molecule has 0 bridgehead atoms. The smallest absolute Gasteiger partial charge is 0.220 e. The van der Waals surface area contributed by atoms with Crippen LogP contribution in [0.3, 0.4) is 0 Å². The first-order valence-electron chi connectivity index (χ1n) is 7.64. The molecule has 2 aromatic rings. The van der Waals surface area contributed by atoms with Gasteiger partial charge in [-0.05, 0) is 42.5 Å². The summed E-state index contributed by atoms with van der Waals surface area (Å²) in [5.74, 6) is 0.926. The second-order valence-corrected chi connectivity index (χ2v) is 5.34. The van der Waals surface area contributed by atoms with Crippen LogP contribution in [0, 0.1) is 6.92 Å². The van der Waals surface area contributed by atoms with E-state index in [2.05, 4.69) is 24.4 Å². The van der Waals surface area contributed by atoms with E-state index in [1.807, 2.05) is 36.4 Å². The van der Waals surface area contributed by atoms with Crippen molar-refractivity contribution < 1.29 is 9.53 Å². The van der Waals surface area contributed by atoms with E-state index >= 15 is 0 Å². The lowest BCUT2D eigenvalue weighted by molar-refractivity contribution is -0.121. The number of ether oxygens (including phenoxy) is 1. The van der Waals surface area contributed by atoms with Gasteiger partial charge in [0.25, 0.3) is 0 Å². The summed E-state index contributed by atoms with van der Waals surface area (Å²) in [5, 5.41) is 2.99. The first-order chi connectivity index (χ1) is 10.7. The van der Waals surface area contributed by atoms with Gasteiger partial charge in [0.05, 0.1) is 7.11 Å². The van der Waals surface area contributed by atoms with Gasteiger partial charge in [-0.2, -0.15) is 0 Å². The maximum atomic E-state index is 11.9. The van der Waals surface area contributed by atoms with Gasteiger partial charge < -0.3 is 10.1 Å². The van der Waals surface area contributed by atoms with E-state index in [0.717, 1.165) is 17.7 Å². The van der Waals surface area contributed by atoms with Crippen LogP contribution in [0.4, 0.5) is 0 Å². The van der Waals surface area contributed by atoms with E-state index in [0.29, 0.717) is 19.4 Å². The molecule has 116 valence electrons. The molecule has 0 aliphatic rings. The first-order valence-corrected chi connectivity index (χ1v) is 7.64. The van der Waals surface area contributed by atoms with E-state index in [1.165, 1.54) is 11.1 Å². The molecule has 1 N–H and O–H groups in total. The predicted octanol–water partition coefficient (Wildman–Crippen LogP) is 3.30. The molecule has 3 heteroatoms. The van der Waals surface area contributed by atoms with Crippen LogP contribution in [-0.4, -0.2) is 19.6 Å². The molecule has 2 rings (SSSR count). The van der Waals surface area contributed by atoms with Crippen molar-refractivity contribution in [2.24, 2.45) is 0 Å². The van der Waals surface area contributed by atoms with Crippen molar-refractivity contribution in [1.29, 1.82) is 0 Å². The minimum Gasteiger partial charge on any atom is -0.496 e. The summed E-state index contributed by atoms with van der Waals surface area (Å²) < 4.78 is 5.30. The molecular formula is C19H23NO2. The highest BCUT2D eigenvalue weighted by Gasteiger charge is 2.06. The summed E-state index contributed by atoms with van der Waals surface area (Å²) in [4.78, 5) is 11.9. The van der Waals surface area contributed by atoms with Gasteiger partial charge in [0, 0.05) is 13.0 Å². The molecule has 2 aromatic carbocycles. The highest BCUT2D eigenvalue weighted by molar-refractivity contribution is 5.76. The summed E-state index contributed by atoms with van der Waals surface area (Å²) in [6.07, 6.45) is 2.04. The fourth-order valence-electron chi connectivity index (χ4n) is 2.47. The SMILES string of the molecule is COc1ccccc1CCC(=O)NCCc1ccccc1C. The van der Waals surface area contributed by atoms with Crippen LogP contribution in [0.25, 0.3) is 0 Å². The van der Waals surface area contributed by atoms with Crippen molar-refractivity contribution in [3.05, 3.63) is 65.2 Å². The molecule has 0 spiro atoms. The van der Waals surface area contributed by atoms with Crippen molar-refractivity contribution in [2.45, 2.75) is 26.2 Å². The lowest BCUT2D eigenvalue weighted by Gasteiger charge is -2.09. The second-order valence-electron chi connectivity index (χ2n) is 5.34. The highest BCUT2D eigenvalue weighted by atomic mass is 16.5. The molecule has 1 amide bonds. The third-order valence-electron chi connectivity index (χ3n) is 3.79. The molecule has 0 atom stereocenters. The largest absolute Gasteiger partial charge is 0.496 e. The van der Waals surface area contributed by atoms with Crippen LogP contribution in [-0.2, 0) is 17.6 Å². The number of aryl methyl sites for hydroxylation is 2. The summed E-state index contributed by atoms with van der Waals surface area (Å²) in [5.41, 5.74) is 3.62. The van der Waals surface area contributed by atoms with E-state index < -0.39 is 0 Å². The molecule has 0 aliphatic heterocycles. The number of rotatable bonds is 7. The van der Waals surface area contributed by atoms with Crippen molar-refractivity contribution >= 4 is 5.91 Å². The molecule has 0 aromatic heterocycles. The number of benzene rings is 2. The number of nitrogens with one attached hydrogen (secondary N) is 1. The molecule has 0 radical (unpaired) electrons. The Morgan fingerprint density at radius 3 is 2.41 bits per heavy atom. The van der Waals surface area contributed by atoms with Gasteiger partial charge in [-0.15, -0.1) is 0 Å². The Morgan fingerprint density at radius 2 is 1.68 bits per heavy atom. The van der Waals surface area contributed by atoms with Gasteiger partial charge in [-0.25, -0.2) is 0 Å². The maximum absolute atomic E-state index is 11.9. The minimum atomic E-state index is 0.0829. The number of hydrogen-bond donors (Lipinski definition) is 1. The molecule has 0 fully saturated rings. The zero-order valence-corrected chi connectivity index (χ0v) is 13.3. The maximum Gasteiger partial charge on any atom is 0.220 e. The number of carbonyl (C=O) groups is 1. The molecule has 3 nitrogen and oxygen atoms in total. The Kier molecular flexibility index (Phi) is 6.01. The number of methoxy groups -OCH3 is 1. The molecule has 0 heterocycles. The Morgan fingerprint density at radius 1 is 1.00 bits per heavy atom. The van der Waals surface area contributed by atoms with Crippen LogP contribution in [0.2, 0.25) is 0 Å². The minimum absolute atomic E-state index is 0.0829. The third kappa shape index (κ3) is 4.62. The highest BCUT2D eigenvalue weighted by Crippen LogP contribution is 2.18. The van der Waals surface area contributed by atoms with Crippen LogP contribution in [0.15, 0.2) is 48.5 Å². The van der Waals surface area contributed by atoms with Crippen molar-refractivity contribution in [1.82, 2.24) is 5.32 Å². The summed E-state index contributed by atoms with van der Waals surface area (Å²) in [7, 11) is 1.65. The summed E-state index contributed by atoms with van der Waals surface area (Å²) in [6.45, 7) is 2.77. The normalized spacial score (nSPS) is 10.3. The number of carbonyl (C=O) groups excluding carboxylic acids is 1. The monoisotopic (exact) mass is 297 g/mol. The van der Waals surface area contributed by atoms with E-state index in [4.69, 9.17) is 4.74 Å². The average Bonchev–Trinajstić information content (AvgIpc) is 2.55. The van der Waals surface area contributed by atoms with Crippen molar-refractivity contribution in [3.8, 4) is 5.75 Å². The molecule has 0 unspecified atom stereocenters. The van der Waals surface area contributed by atoms with Gasteiger partial charge in [0.15, 0.2) is 0 Å². The van der Waals surface area contributed by atoms with E-state index in [1.54, 1.807) is 7.11 Å². The number of para-hydroxylation sites is 1. The number of hydrogen-bond acceptors (Lipinski definition) is 2. The topological polar surface area (TPSA) is 38.3 Å². The van der Waals surface area contributed by atoms with Gasteiger partial charge in [-0.3, -0.25) is 4.79 Å². The summed E-state index contributed by atoms with van der Waals surface area (Å²) >= 11 is 0. The fourth-order valence-corrected chi connectivity index (χ4v) is 2.47. The van der Waals surface area contributed by atoms with Crippen molar-refractivity contribution in [2.75, 3.05) is 13.7 Å². The summed E-state index contributed by atoms with van der Waals surface area (Å²) in [6, 6.07) is 16.1. The second kappa shape index (κ2) is 8.23. The third-order valence-corrected chi connectivity index (χ3v) is 3.79. The average molecular weight is 297 g/mol. The van der Waals surface area contributed by atoms with E-state index in [9.17, 15) is 4.79 Å². The lowest BCUT2D eigenvalue weighted by Crippen LogP contribution is -2.26. The predicted molar refractivity (Wildman–Crippen MR) is 89.2 cm³/mol. The lowest BCUT2D eigenvalue weighted by atomic mass is 10.1. The molecule has 0 aliphatic carbocycles. The van der Waals surface area contributed by atoms with Crippen LogP contribution < -0.4 is 10.1 Å². The van der Waals surface area contributed by atoms with Gasteiger partial charge in [0.2, 0.25) is 5.91 Å². The Bertz CT molecular complexity index is 622. The van der Waals surface area contributed by atoms with Crippen LogP contribution >= 0.6 is 0 Å². The first kappa shape index (κ1) is 16.1. The molecule has 0 saturated heterocycles. The Hall–Kier alpha value is -2.29. The van der Waals surface area contributed by atoms with Gasteiger partial charge >= 0.3 is 0 Å².